The molecule has 140 valence electrons. The number of hydrogen-bond acceptors (Lipinski definition) is 4. The van der Waals surface area contributed by atoms with Gasteiger partial charge in [-0.1, -0.05) is 41.6 Å². The lowest BCUT2D eigenvalue weighted by Gasteiger charge is -2.13. The first kappa shape index (κ1) is 19.4. The lowest BCUT2D eigenvalue weighted by Crippen LogP contribution is -2.23. The van der Waals surface area contributed by atoms with Crippen molar-refractivity contribution in [3.05, 3.63) is 58.9 Å². The van der Waals surface area contributed by atoms with Crippen LogP contribution in [0.1, 0.15) is 12.5 Å². The molecule has 0 saturated heterocycles. The molecule has 1 aromatic heterocycles. The van der Waals surface area contributed by atoms with Gasteiger partial charge in [0.25, 0.3) is 0 Å². The monoisotopic (exact) mass is 404 g/mol. The third kappa shape index (κ3) is 4.31. The third-order valence-corrected chi connectivity index (χ3v) is 5.43. The second kappa shape index (κ2) is 8.10. The van der Waals surface area contributed by atoms with Crippen LogP contribution in [0.25, 0.3) is 11.4 Å². The van der Waals surface area contributed by atoms with E-state index in [0.717, 1.165) is 5.56 Å². The molecule has 0 unspecified atom stereocenters. The van der Waals surface area contributed by atoms with Gasteiger partial charge in [0, 0.05) is 17.8 Å². The largest absolute Gasteiger partial charge is 0.325 e. The van der Waals surface area contributed by atoms with Crippen LogP contribution in [0.5, 0.6) is 0 Å². The van der Waals surface area contributed by atoms with E-state index in [0.29, 0.717) is 27.3 Å². The number of hydrogen-bond donors (Lipinski definition) is 1. The highest BCUT2D eigenvalue weighted by Gasteiger charge is 2.21. The number of benzene rings is 2. The van der Waals surface area contributed by atoms with Gasteiger partial charge in [0.15, 0.2) is 11.0 Å². The maximum atomic E-state index is 14.0. The normalized spacial score (nSPS) is 12.0. The van der Waals surface area contributed by atoms with Gasteiger partial charge in [-0.2, -0.15) is 0 Å². The number of aromatic nitrogens is 3. The molecule has 5 nitrogen and oxygen atoms in total. The smallest absolute Gasteiger partial charge is 0.237 e. The van der Waals surface area contributed by atoms with Crippen molar-refractivity contribution in [2.24, 2.45) is 7.05 Å². The molecule has 1 atom stereocenters. The van der Waals surface area contributed by atoms with Gasteiger partial charge in [0.1, 0.15) is 5.82 Å². The van der Waals surface area contributed by atoms with Crippen LogP contribution in [0.3, 0.4) is 0 Å². The number of nitrogens with one attached hydrogen (secondary N) is 1. The van der Waals surface area contributed by atoms with E-state index in [9.17, 15) is 9.18 Å². The minimum Gasteiger partial charge on any atom is -0.325 e. The third-order valence-electron chi connectivity index (χ3n) is 4.06. The van der Waals surface area contributed by atoms with Crippen molar-refractivity contribution in [1.82, 2.24) is 14.8 Å². The number of aryl methyl sites for hydroxylation is 1. The van der Waals surface area contributed by atoms with E-state index in [4.69, 9.17) is 11.6 Å². The molecule has 0 bridgehead atoms. The Kier molecular flexibility index (Phi) is 5.82. The van der Waals surface area contributed by atoms with Crippen LogP contribution in [0.2, 0.25) is 5.02 Å². The molecular formula is C19H18ClFN4OS. The topological polar surface area (TPSA) is 59.8 Å². The van der Waals surface area contributed by atoms with Crippen LogP contribution in [0, 0.1) is 12.7 Å². The number of rotatable bonds is 5. The fraction of sp³-hybridized carbons (Fsp3) is 0.211. The molecule has 0 aliphatic carbocycles. The first-order valence-corrected chi connectivity index (χ1v) is 9.50. The fourth-order valence-electron chi connectivity index (χ4n) is 2.47. The molecule has 1 N–H and O–H groups in total. The van der Waals surface area contributed by atoms with Crippen molar-refractivity contribution in [3.63, 3.8) is 0 Å². The van der Waals surface area contributed by atoms with Crippen molar-refractivity contribution in [3.8, 4) is 11.4 Å². The summed E-state index contributed by atoms with van der Waals surface area (Å²) >= 11 is 7.25. The number of halogens is 2. The summed E-state index contributed by atoms with van der Waals surface area (Å²) in [4.78, 5) is 12.5. The lowest BCUT2D eigenvalue weighted by atomic mass is 10.2. The predicted molar refractivity (Wildman–Crippen MR) is 107 cm³/mol. The van der Waals surface area contributed by atoms with E-state index in [2.05, 4.69) is 15.5 Å². The van der Waals surface area contributed by atoms with E-state index in [1.54, 1.807) is 48.9 Å². The maximum absolute atomic E-state index is 14.0. The Bertz CT molecular complexity index is 992. The summed E-state index contributed by atoms with van der Waals surface area (Å²) in [5.41, 5.74) is 1.96. The van der Waals surface area contributed by atoms with Crippen molar-refractivity contribution < 1.29 is 9.18 Å². The predicted octanol–water partition coefficient (Wildman–Crippen LogP) is 4.70. The first-order valence-electron chi connectivity index (χ1n) is 8.24. The highest BCUT2D eigenvalue weighted by molar-refractivity contribution is 8.00. The van der Waals surface area contributed by atoms with E-state index in [1.807, 2.05) is 13.0 Å². The molecule has 2 aromatic carbocycles. The molecule has 0 fully saturated rings. The Balaban J connectivity index is 1.75. The van der Waals surface area contributed by atoms with E-state index < -0.39 is 5.25 Å². The molecule has 8 heteroatoms. The van der Waals surface area contributed by atoms with Gasteiger partial charge in [-0.25, -0.2) is 4.39 Å². The number of thioether (sulfide) groups is 1. The molecule has 0 saturated carbocycles. The van der Waals surface area contributed by atoms with Crippen molar-refractivity contribution >= 4 is 35.0 Å². The van der Waals surface area contributed by atoms with Gasteiger partial charge in [0.05, 0.1) is 10.8 Å². The van der Waals surface area contributed by atoms with Gasteiger partial charge < -0.3 is 9.88 Å². The summed E-state index contributed by atoms with van der Waals surface area (Å²) < 4.78 is 15.7. The number of anilines is 1. The Labute approximate surface area is 166 Å². The zero-order valence-electron chi connectivity index (χ0n) is 15.0. The van der Waals surface area contributed by atoms with Gasteiger partial charge in [-0.3, -0.25) is 4.79 Å². The molecular weight excluding hydrogens is 387 g/mol. The average molecular weight is 405 g/mol. The highest BCUT2D eigenvalue weighted by Crippen LogP contribution is 2.28. The van der Waals surface area contributed by atoms with Gasteiger partial charge in [-0.05, 0) is 43.7 Å². The molecule has 0 aliphatic rings. The molecule has 0 radical (unpaired) electrons. The zero-order chi connectivity index (χ0) is 19.6. The minimum atomic E-state index is -0.431. The summed E-state index contributed by atoms with van der Waals surface area (Å²) in [7, 11) is 1.75. The van der Waals surface area contributed by atoms with Crippen LogP contribution in [0.4, 0.5) is 10.1 Å². The second-order valence-corrected chi connectivity index (χ2v) is 7.80. The summed E-state index contributed by atoms with van der Waals surface area (Å²) in [5, 5.41) is 11.7. The molecule has 0 aliphatic heterocycles. The SMILES string of the molecule is Cc1ccc(Cl)cc1NC(=O)[C@@H](C)Sc1nnc(-c2ccccc2F)n1C. The Hall–Kier alpha value is -2.38. The lowest BCUT2D eigenvalue weighted by molar-refractivity contribution is -0.115. The molecule has 3 aromatic rings. The fourth-order valence-corrected chi connectivity index (χ4v) is 3.46. The van der Waals surface area contributed by atoms with E-state index in [1.165, 1.54) is 17.8 Å². The summed E-state index contributed by atoms with van der Waals surface area (Å²) in [6.45, 7) is 3.67. The molecule has 1 heterocycles. The summed E-state index contributed by atoms with van der Waals surface area (Å²) in [5.74, 6) is -0.138. The van der Waals surface area contributed by atoms with Crippen molar-refractivity contribution in [1.29, 1.82) is 0 Å². The van der Waals surface area contributed by atoms with Crippen LogP contribution < -0.4 is 5.32 Å². The van der Waals surface area contributed by atoms with Crippen molar-refractivity contribution in [2.75, 3.05) is 5.32 Å². The quantitative estimate of drug-likeness (QED) is 0.626. The Morgan fingerprint density at radius 2 is 2.00 bits per heavy atom. The average Bonchev–Trinajstić information content (AvgIpc) is 2.99. The first-order chi connectivity index (χ1) is 12.9. The standard InChI is InChI=1S/C19H18ClFN4OS/c1-11-8-9-13(20)10-16(11)22-18(26)12(2)27-19-24-23-17(25(19)3)14-6-4-5-7-15(14)21/h4-10,12H,1-3H3,(H,22,26)/t12-/m1/s1. The summed E-state index contributed by atoms with van der Waals surface area (Å²) in [6, 6.07) is 11.7. The van der Waals surface area contributed by atoms with E-state index >= 15 is 0 Å². The van der Waals surface area contributed by atoms with Crippen molar-refractivity contribution in [2.45, 2.75) is 24.3 Å². The number of carbonyl (C=O) groups is 1. The highest BCUT2D eigenvalue weighted by atomic mass is 35.5. The van der Waals surface area contributed by atoms with Gasteiger partial charge >= 0.3 is 0 Å². The molecule has 1 amide bonds. The molecule has 27 heavy (non-hydrogen) atoms. The van der Waals surface area contributed by atoms with Crippen LogP contribution in [-0.4, -0.2) is 25.9 Å². The Morgan fingerprint density at radius 1 is 1.26 bits per heavy atom. The van der Waals surface area contributed by atoms with Crippen LogP contribution in [-0.2, 0) is 11.8 Å². The second-order valence-electron chi connectivity index (χ2n) is 6.05. The van der Waals surface area contributed by atoms with Crippen LogP contribution >= 0.6 is 23.4 Å². The number of nitrogens with zero attached hydrogens (tertiary/aromatic N) is 3. The van der Waals surface area contributed by atoms with Gasteiger partial charge in [0.2, 0.25) is 5.91 Å². The minimum absolute atomic E-state index is 0.180. The van der Waals surface area contributed by atoms with Gasteiger partial charge in [-0.15, -0.1) is 10.2 Å². The van der Waals surface area contributed by atoms with Crippen LogP contribution in [0.15, 0.2) is 47.6 Å². The molecule has 3 rings (SSSR count). The molecule has 0 spiro atoms. The van der Waals surface area contributed by atoms with E-state index in [-0.39, 0.29) is 11.7 Å². The Morgan fingerprint density at radius 3 is 2.74 bits per heavy atom. The zero-order valence-corrected chi connectivity index (χ0v) is 16.6. The summed E-state index contributed by atoms with van der Waals surface area (Å²) in [6.07, 6.45) is 0. The number of carbonyl (C=O) groups excluding carboxylic acids is 1. The maximum Gasteiger partial charge on any atom is 0.237 e. The number of amides is 1.